The summed E-state index contributed by atoms with van der Waals surface area (Å²) in [5.74, 6) is -3.13. The molecule has 1 aliphatic heterocycles. The molecule has 0 unspecified atom stereocenters. The van der Waals surface area contributed by atoms with Crippen LogP contribution in [0.2, 0.25) is 0 Å². The first-order chi connectivity index (χ1) is 16.3. The monoisotopic (exact) mass is 507 g/mol. The van der Waals surface area contributed by atoms with Gasteiger partial charge in [0.1, 0.15) is 43.2 Å². The largest absolute Gasteiger partial charge is 0.480 e. The highest BCUT2D eigenvalue weighted by molar-refractivity contribution is 5.87. The summed E-state index contributed by atoms with van der Waals surface area (Å²) in [4.78, 5) is 60.3. The number of aliphatic hydroxyl groups is 5. The van der Waals surface area contributed by atoms with Crippen LogP contribution in [0.3, 0.4) is 0 Å². The number of carboxylic acids is 1. The van der Waals surface area contributed by atoms with Crippen LogP contribution in [0.25, 0.3) is 0 Å². The van der Waals surface area contributed by atoms with Crippen LogP contribution in [-0.2, 0) is 25.7 Å². The zero-order valence-corrected chi connectivity index (χ0v) is 17.8. The Morgan fingerprint density at radius 2 is 1.86 bits per heavy atom. The maximum absolute atomic E-state index is 12.4. The minimum absolute atomic E-state index is 0.305. The number of hydrogen-bond acceptors (Lipinski definition) is 13. The number of aromatic amines is 1. The fraction of sp³-hybridized carbons (Fsp3) is 0.588. The predicted molar refractivity (Wildman–Crippen MR) is 108 cm³/mol. The van der Waals surface area contributed by atoms with Crippen LogP contribution in [0.4, 0.5) is 4.79 Å². The third-order valence-corrected chi connectivity index (χ3v) is 5.11. The van der Waals surface area contributed by atoms with E-state index in [0.29, 0.717) is 4.57 Å². The van der Waals surface area contributed by atoms with Gasteiger partial charge in [-0.05, 0) is 0 Å². The van der Waals surface area contributed by atoms with Crippen LogP contribution >= 0.6 is 0 Å². The quantitative estimate of drug-likeness (QED) is 0.141. The lowest BCUT2D eigenvalue weighted by molar-refractivity contribution is -0.150. The number of nitrogens with two attached hydrogens (primary N) is 2. The SMILES string of the molecule is NC(=O)OC[C@H](O)[C@H](O)[C@H](N)C(=O)N[C@H](C(=O)O)[C@@H]1O[C@H](n2cc(CO)c(=O)[nH]c2=O)[C@@H](O)[C@@H]1O. The molecule has 35 heavy (non-hydrogen) atoms. The third kappa shape index (κ3) is 6.19. The summed E-state index contributed by atoms with van der Waals surface area (Å²) in [6.07, 6.45) is -11.9. The Balaban J connectivity index is 2.22. The van der Waals surface area contributed by atoms with Crippen LogP contribution in [-0.4, -0.2) is 107 Å². The van der Waals surface area contributed by atoms with E-state index < -0.39 is 91.3 Å². The van der Waals surface area contributed by atoms with Crippen molar-refractivity contribution >= 4 is 18.0 Å². The lowest BCUT2D eigenvalue weighted by Gasteiger charge is -2.27. The Labute approximate surface area is 194 Å². The van der Waals surface area contributed by atoms with Crippen LogP contribution in [0.1, 0.15) is 11.8 Å². The molecule has 0 saturated carbocycles. The van der Waals surface area contributed by atoms with Gasteiger partial charge in [0.15, 0.2) is 12.3 Å². The average molecular weight is 507 g/mol. The second-order valence-electron chi connectivity index (χ2n) is 7.49. The molecule has 2 heterocycles. The van der Waals surface area contributed by atoms with Gasteiger partial charge in [-0.1, -0.05) is 0 Å². The summed E-state index contributed by atoms with van der Waals surface area (Å²) in [6.45, 7) is -1.63. The molecule has 0 spiro atoms. The molecule has 1 aliphatic rings. The summed E-state index contributed by atoms with van der Waals surface area (Å²) >= 11 is 0. The number of nitrogens with one attached hydrogen (secondary N) is 2. The lowest BCUT2D eigenvalue weighted by Crippen LogP contribution is -2.60. The molecule has 196 valence electrons. The van der Waals surface area contributed by atoms with Crippen molar-refractivity contribution in [3.63, 3.8) is 0 Å². The van der Waals surface area contributed by atoms with Gasteiger partial charge in [-0.15, -0.1) is 0 Å². The molecule has 0 aliphatic carbocycles. The second kappa shape index (κ2) is 11.4. The van der Waals surface area contributed by atoms with Crippen molar-refractivity contribution in [2.45, 2.75) is 55.4 Å². The number of aromatic nitrogens is 2. The Morgan fingerprint density at radius 3 is 2.40 bits per heavy atom. The van der Waals surface area contributed by atoms with Crippen molar-refractivity contribution in [1.82, 2.24) is 14.9 Å². The summed E-state index contributed by atoms with van der Waals surface area (Å²) in [5.41, 5.74) is 7.89. The Morgan fingerprint density at radius 1 is 1.23 bits per heavy atom. The topological polar surface area (TPSA) is 310 Å². The molecule has 1 aromatic rings. The predicted octanol–water partition coefficient (Wildman–Crippen LogP) is -6.64. The van der Waals surface area contributed by atoms with Crippen LogP contribution in [0.5, 0.6) is 0 Å². The highest BCUT2D eigenvalue weighted by Gasteiger charge is 2.50. The number of aliphatic carboxylic acids is 1. The standard InChI is InChI=1S/C17H25N5O13/c18-6(8(25)5(24)3-34-16(19)32)13(29)20-7(15(30)31)11-9(26)10(27)14(35-11)22-1-4(2-23)12(28)21-17(22)33/h1,5-11,14,23-27H,2-3,18H2,(H2,19,32)(H,20,29)(H,30,31)(H,21,28,33)/t5-,6-,7-,8-,9-,10-,11-,14-/m0/s1. The van der Waals surface area contributed by atoms with E-state index in [4.69, 9.17) is 16.2 Å². The molecule has 0 bridgehead atoms. The van der Waals surface area contributed by atoms with Crippen molar-refractivity contribution < 1.29 is 54.5 Å². The van der Waals surface area contributed by atoms with Gasteiger partial charge >= 0.3 is 17.8 Å². The van der Waals surface area contributed by atoms with E-state index in [0.717, 1.165) is 6.20 Å². The zero-order valence-electron chi connectivity index (χ0n) is 17.8. The van der Waals surface area contributed by atoms with E-state index in [2.05, 4.69) is 4.74 Å². The molecule has 0 aromatic carbocycles. The maximum atomic E-state index is 12.4. The number of rotatable bonds is 10. The molecule has 18 heteroatoms. The van der Waals surface area contributed by atoms with Gasteiger partial charge in [-0.25, -0.2) is 14.4 Å². The molecule has 12 N–H and O–H groups in total. The molecular formula is C17H25N5O13. The van der Waals surface area contributed by atoms with Crippen molar-refractivity contribution in [3.05, 3.63) is 32.6 Å². The first kappa shape index (κ1) is 27.9. The van der Waals surface area contributed by atoms with Crippen LogP contribution < -0.4 is 28.0 Å². The van der Waals surface area contributed by atoms with Gasteiger partial charge < -0.3 is 56.9 Å². The average Bonchev–Trinajstić information content (AvgIpc) is 3.08. The van der Waals surface area contributed by atoms with E-state index in [1.807, 2.05) is 10.3 Å². The van der Waals surface area contributed by atoms with Gasteiger partial charge in [0.05, 0.1) is 12.2 Å². The number of aliphatic hydroxyl groups excluding tert-OH is 5. The van der Waals surface area contributed by atoms with Gasteiger partial charge in [0, 0.05) is 6.20 Å². The molecule has 1 fully saturated rings. The number of carbonyl (C=O) groups excluding carboxylic acids is 2. The van der Waals surface area contributed by atoms with Crippen LogP contribution in [0.15, 0.2) is 15.8 Å². The number of ether oxygens (including phenoxy) is 2. The Hall–Kier alpha value is -3.39. The summed E-state index contributed by atoms with van der Waals surface area (Å²) in [7, 11) is 0. The molecule has 0 radical (unpaired) electrons. The number of hydrogen-bond donors (Lipinski definition) is 10. The van der Waals surface area contributed by atoms with Crippen molar-refractivity contribution in [2.75, 3.05) is 6.61 Å². The van der Waals surface area contributed by atoms with E-state index in [1.165, 1.54) is 0 Å². The maximum Gasteiger partial charge on any atom is 0.404 e. The molecule has 1 aromatic heterocycles. The van der Waals surface area contributed by atoms with Gasteiger partial charge in [0.2, 0.25) is 5.91 Å². The molecule has 18 nitrogen and oxygen atoms in total. The Bertz CT molecular complexity index is 1060. The number of carbonyl (C=O) groups is 3. The van der Waals surface area contributed by atoms with Gasteiger partial charge in [0.25, 0.3) is 5.56 Å². The molecule has 2 rings (SSSR count). The summed E-state index contributed by atoms with van der Waals surface area (Å²) < 4.78 is 10.2. The first-order valence-electron chi connectivity index (χ1n) is 9.84. The van der Waals surface area contributed by atoms with Crippen molar-refractivity contribution in [2.24, 2.45) is 11.5 Å². The van der Waals surface area contributed by atoms with Crippen molar-refractivity contribution in [3.8, 4) is 0 Å². The minimum Gasteiger partial charge on any atom is -0.480 e. The fourth-order valence-corrected chi connectivity index (χ4v) is 3.21. The highest BCUT2D eigenvalue weighted by Crippen LogP contribution is 2.30. The second-order valence-corrected chi connectivity index (χ2v) is 7.49. The van der Waals surface area contributed by atoms with Gasteiger partial charge in [-0.2, -0.15) is 0 Å². The number of H-pyrrole nitrogens is 1. The molecule has 8 atom stereocenters. The number of amides is 2. The lowest BCUT2D eigenvalue weighted by atomic mass is 10.0. The first-order valence-corrected chi connectivity index (χ1v) is 9.84. The summed E-state index contributed by atoms with van der Waals surface area (Å²) in [5, 5.41) is 61.0. The molecule has 2 amide bonds. The minimum atomic E-state index is -2.09. The third-order valence-electron chi connectivity index (χ3n) is 5.11. The fourth-order valence-electron chi connectivity index (χ4n) is 3.21. The van der Waals surface area contributed by atoms with Crippen molar-refractivity contribution in [1.29, 1.82) is 0 Å². The zero-order chi connectivity index (χ0) is 26.6. The molecular weight excluding hydrogens is 482 g/mol. The van der Waals surface area contributed by atoms with E-state index in [1.54, 1.807) is 0 Å². The molecule has 1 saturated heterocycles. The smallest absolute Gasteiger partial charge is 0.404 e. The number of nitrogens with zero attached hydrogens (tertiary/aromatic N) is 1. The number of primary amides is 1. The van der Waals surface area contributed by atoms with E-state index in [-0.39, 0.29) is 5.56 Å². The normalized spacial score (nSPS) is 25.3. The van der Waals surface area contributed by atoms with Crippen LogP contribution in [0, 0.1) is 0 Å². The number of carboxylic acid groups (broad SMARTS) is 1. The Kier molecular flexibility index (Phi) is 9.04. The highest BCUT2D eigenvalue weighted by atomic mass is 16.6. The van der Waals surface area contributed by atoms with E-state index >= 15 is 0 Å². The van der Waals surface area contributed by atoms with E-state index in [9.17, 15) is 54.6 Å². The van der Waals surface area contributed by atoms with Gasteiger partial charge in [-0.3, -0.25) is 19.1 Å². The summed E-state index contributed by atoms with van der Waals surface area (Å²) in [6, 6.07) is -4.05.